The molecule has 2 unspecified atom stereocenters. The molecule has 0 saturated carbocycles. The van der Waals surface area contributed by atoms with Crippen molar-refractivity contribution in [3.63, 3.8) is 0 Å². The van der Waals surface area contributed by atoms with Crippen LogP contribution in [0.4, 0.5) is 0 Å². The van der Waals surface area contributed by atoms with Crippen molar-refractivity contribution < 1.29 is 17.4 Å². The van der Waals surface area contributed by atoms with E-state index in [1.54, 1.807) is 14.4 Å². The molecule has 2 aromatic rings. The molecule has 0 heterocycles. The van der Waals surface area contributed by atoms with E-state index in [2.05, 4.69) is 92.4 Å². The molecular weight excluding hydrogens is 467 g/mol. The molecule has 150 valence electrons. The number of fused-ring (bicyclic) bond motifs is 1. The Morgan fingerprint density at radius 2 is 1.59 bits per heavy atom. The van der Waals surface area contributed by atoms with Gasteiger partial charge in [-0.25, -0.2) is 0 Å². The summed E-state index contributed by atoms with van der Waals surface area (Å²) < 4.78 is 7.56. The first-order valence-electron chi connectivity index (χ1n) is 10.5. The van der Waals surface area contributed by atoms with Gasteiger partial charge < -0.3 is 0 Å². The average molecular weight is 498 g/mol. The van der Waals surface area contributed by atoms with Crippen molar-refractivity contribution in [1.82, 2.24) is 0 Å². The Labute approximate surface area is 183 Å². The Balaban J connectivity index is 1.96. The van der Waals surface area contributed by atoms with Gasteiger partial charge in [-0.05, 0) is 0 Å². The second kappa shape index (κ2) is 7.04. The molecule has 0 saturated heterocycles. The van der Waals surface area contributed by atoms with E-state index in [0.717, 1.165) is 5.02 Å². The van der Waals surface area contributed by atoms with Gasteiger partial charge in [-0.15, -0.1) is 0 Å². The van der Waals surface area contributed by atoms with Gasteiger partial charge in [0.25, 0.3) is 0 Å². The van der Waals surface area contributed by atoms with E-state index < -0.39 is 17.4 Å². The molecular formula is C26H31ClSiZr. The van der Waals surface area contributed by atoms with Crippen LogP contribution in [0, 0.1) is 5.92 Å². The summed E-state index contributed by atoms with van der Waals surface area (Å²) in [7, 11) is 0. The summed E-state index contributed by atoms with van der Waals surface area (Å²) >= 11 is 3.15. The molecule has 0 bridgehead atoms. The molecule has 2 aromatic carbocycles. The molecule has 3 heteroatoms. The zero-order valence-electron chi connectivity index (χ0n) is 18.4. The second-order valence-electron chi connectivity index (χ2n) is 10.0. The van der Waals surface area contributed by atoms with Crippen molar-refractivity contribution in [2.75, 3.05) is 0 Å². The zero-order chi connectivity index (χ0) is 21.2. The van der Waals surface area contributed by atoms with Crippen LogP contribution in [0.1, 0.15) is 48.0 Å². The van der Waals surface area contributed by atoms with Crippen LogP contribution < -0.4 is 0 Å². The fourth-order valence-corrected chi connectivity index (χ4v) is 24.5. The summed E-state index contributed by atoms with van der Waals surface area (Å²) in [6.45, 7) is 11.8. The minimum atomic E-state index is -3.37. The number of rotatable bonds is 3. The van der Waals surface area contributed by atoms with Crippen LogP contribution in [0.2, 0.25) is 14.3 Å². The van der Waals surface area contributed by atoms with Gasteiger partial charge in [0, 0.05) is 0 Å². The van der Waals surface area contributed by atoms with Gasteiger partial charge in [0.05, 0.1) is 0 Å². The fourth-order valence-electron chi connectivity index (χ4n) is 5.88. The number of hydrogen-bond donors (Lipinski definition) is 0. The number of benzene rings is 2. The Bertz CT molecular complexity index is 1170. The minimum absolute atomic E-state index is 0.477. The first-order valence-corrected chi connectivity index (χ1v) is 24.4. The number of halogens is 1. The van der Waals surface area contributed by atoms with Crippen LogP contribution in [0.25, 0.3) is 5.57 Å². The quantitative estimate of drug-likeness (QED) is 0.387. The van der Waals surface area contributed by atoms with E-state index in [4.69, 9.17) is 11.6 Å². The van der Waals surface area contributed by atoms with E-state index in [-0.39, 0.29) is 0 Å². The van der Waals surface area contributed by atoms with E-state index in [0.29, 0.717) is 9.54 Å². The van der Waals surface area contributed by atoms with Crippen LogP contribution in [0.15, 0.2) is 74.6 Å². The van der Waals surface area contributed by atoms with Gasteiger partial charge in [0.2, 0.25) is 0 Å². The Morgan fingerprint density at radius 3 is 2.17 bits per heavy atom. The fraction of sp³-hybridized carbons (Fsp3) is 0.308. The first kappa shape index (κ1) is 21.3. The van der Waals surface area contributed by atoms with Crippen LogP contribution in [0.5, 0.6) is 0 Å². The summed E-state index contributed by atoms with van der Waals surface area (Å²) in [5.74, 6) is 0.560. The topological polar surface area (TPSA) is 0 Å². The van der Waals surface area contributed by atoms with Gasteiger partial charge in [0.15, 0.2) is 0 Å². The average Bonchev–Trinajstić information content (AvgIpc) is 3.14. The van der Waals surface area contributed by atoms with Crippen molar-refractivity contribution in [2.45, 2.75) is 40.6 Å². The van der Waals surface area contributed by atoms with Crippen LogP contribution in [-0.2, 0) is 17.4 Å². The molecule has 4 rings (SSSR count). The summed E-state index contributed by atoms with van der Waals surface area (Å²) in [5.41, 5.74) is 10.1. The van der Waals surface area contributed by atoms with Crippen LogP contribution in [-0.4, -0.2) is 6.88 Å². The third-order valence-corrected chi connectivity index (χ3v) is 25.1. The summed E-state index contributed by atoms with van der Waals surface area (Å²) in [5, 5.41) is 0.848. The summed E-state index contributed by atoms with van der Waals surface area (Å²) in [6, 6.07) is 17.4. The van der Waals surface area contributed by atoms with Crippen molar-refractivity contribution in [2.24, 2.45) is 5.92 Å². The third-order valence-electron chi connectivity index (χ3n) is 7.58. The molecule has 0 aliphatic heterocycles. The molecule has 0 radical (unpaired) electrons. The van der Waals surface area contributed by atoms with Gasteiger partial charge >= 0.3 is 184 Å². The summed E-state index contributed by atoms with van der Waals surface area (Å²) in [4.78, 5) is 0. The van der Waals surface area contributed by atoms with E-state index in [1.807, 2.05) is 6.07 Å². The molecule has 0 amide bonds. The molecule has 2 aliphatic carbocycles. The molecule has 0 N–H and O–H groups in total. The van der Waals surface area contributed by atoms with Crippen molar-refractivity contribution >= 4 is 24.1 Å². The number of allylic oxidation sites excluding steroid dienone is 5. The summed E-state index contributed by atoms with van der Waals surface area (Å²) in [6.07, 6.45) is 2.59. The van der Waals surface area contributed by atoms with Crippen molar-refractivity contribution in [3.05, 3.63) is 96.3 Å². The molecule has 0 aromatic heterocycles. The molecule has 2 aliphatic rings. The van der Waals surface area contributed by atoms with Crippen molar-refractivity contribution in [1.29, 1.82) is 0 Å². The normalized spacial score (nSPS) is 22.3. The predicted molar refractivity (Wildman–Crippen MR) is 128 cm³/mol. The van der Waals surface area contributed by atoms with Gasteiger partial charge in [0.1, 0.15) is 0 Å². The predicted octanol–water partition coefficient (Wildman–Crippen LogP) is 7.42. The third kappa shape index (κ3) is 3.27. The van der Waals surface area contributed by atoms with Gasteiger partial charge in [-0.2, -0.15) is 0 Å². The molecule has 0 spiro atoms. The standard InChI is InChI=1S/C15H10Cl.C9H13.2CH3.H2Si.Zr/c16-13-7-9-15-12(10-13)6-8-14(15)11-4-2-1-3-5-11;1-6-5-7(2)9(4)8(6)3;;;;/h1-10H;6H,1-4H3;2*1H3;1H2;. The van der Waals surface area contributed by atoms with Crippen molar-refractivity contribution in [3.8, 4) is 0 Å². The SMILES string of the molecule is CC1=C(C)C(C)[C]([Zr]([CH3])([CH3])(=[SiH2])[CH]2C=C(c3ccccc3)c3ccc(Cl)cc32)=C1C. The second-order valence-corrected chi connectivity index (χ2v) is 40.0. The van der Waals surface area contributed by atoms with Gasteiger partial charge in [-0.3, -0.25) is 0 Å². The maximum absolute atomic E-state index is 6.52. The Morgan fingerprint density at radius 1 is 0.931 bits per heavy atom. The van der Waals surface area contributed by atoms with Crippen LogP contribution in [0.3, 0.4) is 0 Å². The Hall–Kier alpha value is -0.950. The maximum atomic E-state index is 6.52. The Kier molecular flexibility index (Phi) is 5.17. The van der Waals surface area contributed by atoms with E-state index in [9.17, 15) is 0 Å². The monoisotopic (exact) mass is 496 g/mol. The van der Waals surface area contributed by atoms with Crippen LogP contribution >= 0.6 is 11.6 Å². The molecule has 0 fully saturated rings. The number of hydrogen-bond acceptors (Lipinski definition) is 0. The van der Waals surface area contributed by atoms with E-state index in [1.165, 1.54) is 27.8 Å². The molecule has 29 heavy (non-hydrogen) atoms. The molecule has 0 nitrogen and oxygen atoms in total. The molecule has 2 atom stereocenters. The van der Waals surface area contributed by atoms with E-state index >= 15 is 0 Å². The zero-order valence-corrected chi connectivity index (χ0v) is 23.1. The first-order chi connectivity index (χ1) is 13.5. The van der Waals surface area contributed by atoms with Gasteiger partial charge in [-0.1, -0.05) is 0 Å².